The second kappa shape index (κ2) is 8.44. The lowest BCUT2D eigenvalue weighted by molar-refractivity contribution is -0.125. The molecule has 4 heteroatoms. The first kappa shape index (κ1) is 18.1. The number of hydrogen-bond acceptors (Lipinski definition) is 3. The van der Waals surface area contributed by atoms with E-state index in [0.717, 1.165) is 17.1 Å². The Bertz CT molecular complexity index is 434. The van der Waals surface area contributed by atoms with Crippen LogP contribution >= 0.6 is 11.8 Å². The highest BCUT2D eigenvalue weighted by atomic mass is 32.2. The summed E-state index contributed by atoms with van der Waals surface area (Å²) in [4.78, 5) is 12.2. The van der Waals surface area contributed by atoms with E-state index in [4.69, 9.17) is 5.73 Å². The maximum Gasteiger partial charge on any atom is 0.242 e. The van der Waals surface area contributed by atoms with Crippen LogP contribution in [0.15, 0.2) is 30.3 Å². The molecule has 1 aromatic rings. The van der Waals surface area contributed by atoms with Crippen molar-refractivity contribution in [2.75, 3.05) is 11.5 Å². The minimum Gasteiger partial charge on any atom is -0.368 e. The smallest absolute Gasteiger partial charge is 0.242 e. The molecule has 0 fully saturated rings. The summed E-state index contributed by atoms with van der Waals surface area (Å²) in [5.41, 5.74) is 5.96. The molecule has 0 aromatic heterocycles. The van der Waals surface area contributed by atoms with Crippen LogP contribution in [-0.4, -0.2) is 23.5 Å². The van der Waals surface area contributed by atoms with Gasteiger partial charge in [-0.2, -0.15) is 11.8 Å². The van der Waals surface area contributed by atoms with Crippen molar-refractivity contribution < 1.29 is 4.79 Å². The average molecular weight is 308 g/mol. The number of carbonyl (C=O) groups excluding carboxylic acids is 1. The Kier molecular flexibility index (Phi) is 7.26. The molecular weight excluding hydrogens is 280 g/mol. The molecule has 1 atom stereocenters. The van der Waals surface area contributed by atoms with Gasteiger partial charge in [0, 0.05) is 6.04 Å². The summed E-state index contributed by atoms with van der Waals surface area (Å²) in [5.74, 6) is 2.38. The van der Waals surface area contributed by atoms with Gasteiger partial charge in [0.2, 0.25) is 5.91 Å². The molecule has 0 radical (unpaired) electrons. The Hall–Kier alpha value is -1.00. The molecule has 0 bridgehead atoms. The fourth-order valence-corrected chi connectivity index (χ4v) is 3.48. The first-order valence-electron chi connectivity index (χ1n) is 7.59. The van der Waals surface area contributed by atoms with Gasteiger partial charge in [-0.25, -0.2) is 0 Å². The van der Waals surface area contributed by atoms with Crippen LogP contribution in [0.2, 0.25) is 0 Å². The molecule has 0 saturated carbocycles. The molecule has 118 valence electrons. The molecule has 0 saturated heterocycles. The van der Waals surface area contributed by atoms with E-state index >= 15 is 0 Å². The third-order valence-electron chi connectivity index (χ3n) is 3.29. The Morgan fingerprint density at radius 3 is 2.33 bits per heavy atom. The number of benzene rings is 1. The second-order valence-corrected chi connectivity index (χ2v) is 7.30. The number of nitrogens with two attached hydrogens (primary N) is 1. The molecule has 3 nitrogen and oxygen atoms in total. The van der Waals surface area contributed by atoms with Gasteiger partial charge in [0.25, 0.3) is 0 Å². The molecule has 0 aliphatic heterocycles. The highest BCUT2D eigenvalue weighted by Crippen LogP contribution is 2.28. The Labute approximate surface area is 133 Å². The molecule has 1 amide bonds. The third-order valence-corrected chi connectivity index (χ3v) is 4.69. The van der Waals surface area contributed by atoms with E-state index in [1.54, 1.807) is 0 Å². The molecular formula is C17H28N2OS. The predicted octanol–water partition coefficient (Wildman–Crippen LogP) is 3.14. The summed E-state index contributed by atoms with van der Waals surface area (Å²) in [6.07, 6.45) is 0.710. The predicted molar refractivity (Wildman–Crippen MR) is 92.4 cm³/mol. The van der Waals surface area contributed by atoms with E-state index in [0.29, 0.717) is 12.3 Å². The minimum atomic E-state index is -0.778. The number of rotatable bonds is 9. The van der Waals surface area contributed by atoms with E-state index in [-0.39, 0.29) is 11.9 Å². The molecule has 1 unspecified atom stereocenters. The lowest BCUT2D eigenvalue weighted by Crippen LogP contribution is -2.55. The number of nitrogens with one attached hydrogen (secondary N) is 1. The summed E-state index contributed by atoms with van der Waals surface area (Å²) in [7, 11) is 0. The van der Waals surface area contributed by atoms with Crippen LogP contribution in [0.25, 0.3) is 0 Å². The van der Waals surface area contributed by atoms with Gasteiger partial charge in [-0.15, -0.1) is 0 Å². The van der Waals surface area contributed by atoms with Crippen molar-refractivity contribution in [3.63, 3.8) is 0 Å². The minimum absolute atomic E-state index is 0.188. The summed E-state index contributed by atoms with van der Waals surface area (Å²) < 4.78 is 0. The van der Waals surface area contributed by atoms with Crippen molar-refractivity contribution >= 4 is 17.7 Å². The number of thioether (sulfide) groups is 1. The zero-order chi connectivity index (χ0) is 15.9. The van der Waals surface area contributed by atoms with Gasteiger partial charge in [0.15, 0.2) is 0 Å². The van der Waals surface area contributed by atoms with Crippen LogP contribution < -0.4 is 11.1 Å². The van der Waals surface area contributed by atoms with Crippen LogP contribution in [0.5, 0.6) is 0 Å². The molecule has 0 spiro atoms. The molecule has 0 aliphatic rings. The zero-order valence-corrected chi connectivity index (χ0v) is 14.4. The van der Waals surface area contributed by atoms with Gasteiger partial charge in [-0.3, -0.25) is 10.1 Å². The standard InChI is InChI=1S/C17H28N2OS/c1-13(2)12-21-11-10-17(16(18)20,19-14(3)4)15-8-6-5-7-9-15/h5-9,13-14,19H,10-12H2,1-4H3,(H2,18,20). The molecule has 3 N–H and O–H groups in total. The van der Waals surface area contributed by atoms with Gasteiger partial charge in [-0.05, 0) is 43.3 Å². The fraction of sp³-hybridized carbons (Fsp3) is 0.588. The molecule has 1 aromatic carbocycles. The van der Waals surface area contributed by atoms with Crippen LogP contribution in [0.3, 0.4) is 0 Å². The van der Waals surface area contributed by atoms with Crippen molar-refractivity contribution in [3.8, 4) is 0 Å². The summed E-state index contributed by atoms with van der Waals surface area (Å²) in [6, 6.07) is 10.0. The Balaban J connectivity index is 2.94. The lowest BCUT2D eigenvalue weighted by Gasteiger charge is -2.34. The highest BCUT2D eigenvalue weighted by molar-refractivity contribution is 7.99. The summed E-state index contributed by atoms with van der Waals surface area (Å²) >= 11 is 1.88. The van der Waals surface area contributed by atoms with Gasteiger partial charge in [0.05, 0.1) is 0 Å². The van der Waals surface area contributed by atoms with Crippen molar-refractivity contribution in [1.82, 2.24) is 5.32 Å². The first-order chi connectivity index (χ1) is 9.88. The number of amides is 1. The molecule has 1 rings (SSSR count). The van der Waals surface area contributed by atoms with Crippen LogP contribution in [0, 0.1) is 5.92 Å². The third kappa shape index (κ3) is 5.36. The van der Waals surface area contributed by atoms with Gasteiger partial charge < -0.3 is 5.73 Å². The van der Waals surface area contributed by atoms with E-state index in [1.807, 2.05) is 55.9 Å². The van der Waals surface area contributed by atoms with E-state index < -0.39 is 5.54 Å². The highest BCUT2D eigenvalue weighted by Gasteiger charge is 2.38. The van der Waals surface area contributed by atoms with E-state index in [9.17, 15) is 4.79 Å². The topological polar surface area (TPSA) is 55.1 Å². The monoisotopic (exact) mass is 308 g/mol. The fourth-order valence-electron chi connectivity index (χ4n) is 2.40. The molecule has 0 heterocycles. The maximum absolute atomic E-state index is 12.2. The Morgan fingerprint density at radius 1 is 1.24 bits per heavy atom. The quantitative estimate of drug-likeness (QED) is 0.689. The zero-order valence-electron chi connectivity index (χ0n) is 13.6. The maximum atomic E-state index is 12.2. The number of primary amides is 1. The second-order valence-electron chi connectivity index (χ2n) is 6.15. The van der Waals surface area contributed by atoms with Gasteiger partial charge in [0.1, 0.15) is 5.54 Å². The van der Waals surface area contributed by atoms with Crippen LogP contribution in [0.4, 0.5) is 0 Å². The molecule has 21 heavy (non-hydrogen) atoms. The summed E-state index contributed by atoms with van der Waals surface area (Å²) in [5, 5.41) is 3.41. The normalized spacial score (nSPS) is 14.4. The largest absolute Gasteiger partial charge is 0.368 e. The lowest BCUT2D eigenvalue weighted by atomic mass is 9.85. The van der Waals surface area contributed by atoms with Gasteiger partial charge >= 0.3 is 0 Å². The van der Waals surface area contributed by atoms with Crippen molar-refractivity contribution in [2.45, 2.75) is 45.7 Å². The van der Waals surface area contributed by atoms with Crippen LogP contribution in [-0.2, 0) is 10.3 Å². The molecule has 0 aliphatic carbocycles. The van der Waals surface area contributed by atoms with Crippen LogP contribution in [0.1, 0.15) is 39.7 Å². The SMILES string of the molecule is CC(C)CSCCC(NC(C)C)(C(N)=O)c1ccccc1. The number of hydrogen-bond donors (Lipinski definition) is 2. The van der Waals surface area contributed by atoms with Crippen molar-refractivity contribution in [3.05, 3.63) is 35.9 Å². The average Bonchev–Trinajstić information content (AvgIpc) is 2.42. The Morgan fingerprint density at radius 2 is 1.86 bits per heavy atom. The first-order valence-corrected chi connectivity index (χ1v) is 8.75. The number of carbonyl (C=O) groups is 1. The van der Waals surface area contributed by atoms with Crippen molar-refractivity contribution in [1.29, 1.82) is 0 Å². The van der Waals surface area contributed by atoms with E-state index in [2.05, 4.69) is 19.2 Å². The van der Waals surface area contributed by atoms with E-state index in [1.165, 1.54) is 0 Å². The van der Waals surface area contributed by atoms with Crippen molar-refractivity contribution in [2.24, 2.45) is 11.7 Å². The van der Waals surface area contributed by atoms with Gasteiger partial charge in [-0.1, -0.05) is 44.2 Å². The summed E-state index contributed by atoms with van der Waals surface area (Å²) in [6.45, 7) is 8.50.